The number of carbonyl (C=O) groups excluding carboxylic acids is 1. The molecule has 0 bridgehead atoms. The Balaban J connectivity index is 1.73. The first kappa shape index (κ1) is 17.6. The predicted molar refractivity (Wildman–Crippen MR) is 93.0 cm³/mol. The average Bonchev–Trinajstić information content (AvgIpc) is 2.89. The largest absolute Gasteiger partial charge is 0.338 e. The van der Waals surface area contributed by atoms with Gasteiger partial charge in [0.2, 0.25) is 0 Å². The van der Waals surface area contributed by atoms with Crippen molar-refractivity contribution in [1.82, 2.24) is 20.4 Å². The van der Waals surface area contributed by atoms with Gasteiger partial charge >= 0.3 is 6.03 Å². The summed E-state index contributed by atoms with van der Waals surface area (Å²) in [5.41, 5.74) is 1.96. The Kier molecular flexibility index (Phi) is 6.30. The van der Waals surface area contributed by atoms with E-state index in [0.717, 1.165) is 24.1 Å². The van der Waals surface area contributed by atoms with Crippen LogP contribution in [0.15, 0.2) is 30.6 Å². The van der Waals surface area contributed by atoms with Crippen LogP contribution in [0.3, 0.4) is 0 Å². The van der Waals surface area contributed by atoms with Crippen molar-refractivity contribution < 1.29 is 4.79 Å². The van der Waals surface area contributed by atoms with E-state index in [9.17, 15) is 4.79 Å². The van der Waals surface area contributed by atoms with E-state index in [1.165, 1.54) is 0 Å². The molecule has 1 heterocycles. The van der Waals surface area contributed by atoms with Crippen LogP contribution in [0.4, 0.5) is 4.79 Å². The summed E-state index contributed by atoms with van der Waals surface area (Å²) in [4.78, 5) is 11.9. The van der Waals surface area contributed by atoms with Crippen molar-refractivity contribution >= 4 is 29.2 Å². The molecule has 7 heteroatoms. The molecule has 1 atom stereocenters. The second kappa shape index (κ2) is 8.22. The van der Waals surface area contributed by atoms with Crippen LogP contribution in [0.25, 0.3) is 0 Å². The third-order valence-corrected chi connectivity index (χ3v) is 3.95. The number of halogens is 2. The molecular formula is C16H20Cl2N4O. The number of hydrogen-bond acceptors (Lipinski definition) is 2. The lowest BCUT2D eigenvalue weighted by atomic mass is 10.1. The maximum atomic E-state index is 11.9. The molecule has 0 radical (unpaired) electrons. The van der Waals surface area contributed by atoms with Gasteiger partial charge in [-0.05, 0) is 43.5 Å². The molecule has 1 aromatic carbocycles. The summed E-state index contributed by atoms with van der Waals surface area (Å²) in [7, 11) is 0. The Morgan fingerprint density at radius 1 is 1.39 bits per heavy atom. The molecular weight excluding hydrogens is 335 g/mol. The number of aryl methyl sites for hydroxylation is 2. The Bertz CT molecular complexity index is 672. The van der Waals surface area contributed by atoms with Gasteiger partial charge in [0.25, 0.3) is 0 Å². The molecule has 0 aliphatic heterocycles. The molecule has 2 N–H and O–H groups in total. The quantitative estimate of drug-likeness (QED) is 0.771. The topological polar surface area (TPSA) is 59.0 Å². The molecule has 0 spiro atoms. The number of hydrogen-bond donors (Lipinski definition) is 2. The van der Waals surface area contributed by atoms with E-state index < -0.39 is 0 Å². The van der Waals surface area contributed by atoms with Gasteiger partial charge in [0, 0.05) is 29.3 Å². The van der Waals surface area contributed by atoms with Gasteiger partial charge in [-0.3, -0.25) is 4.68 Å². The molecule has 5 nitrogen and oxygen atoms in total. The lowest BCUT2D eigenvalue weighted by Crippen LogP contribution is -2.37. The van der Waals surface area contributed by atoms with E-state index in [1.807, 2.05) is 37.0 Å². The van der Waals surface area contributed by atoms with Crippen LogP contribution in [0.5, 0.6) is 0 Å². The van der Waals surface area contributed by atoms with Crippen molar-refractivity contribution in [3.8, 4) is 0 Å². The highest BCUT2D eigenvalue weighted by atomic mass is 35.5. The van der Waals surface area contributed by atoms with E-state index in [2.05, 4.69) is 15.7 Å². The number of urea groups is 1. The lowest BCUT2D eigenvalue weighted by molar-refractivity contribution is 0.237. The standard InChI is InChI=1S/C16H20Cl2N4O/c1-11-9-20-22(10-11)7-3-6-19-16(23)21-12(2)14-5-4-13(17)8-15(14)18/h4-5,8-10,12H,3,6-7H2,1-2H3,(H2,19,21,23). The van der Waals surface area contributed by atoms with Crippen molar-refractivity contribution in [2.45, 2.75) is 32.9 Å². The minimum Gasteiger partial charge on any atom is -0.338 e. The first-order valence-corrected chi connectivity index (χ1v) is 8.19. The Hall–Kier alpha value is -1.72. The molecule has 2 aromatic rings. The summed E-state index contributed by atoms with van der Waals surface area (Å²) in [5, 5.41) is 11.0. The maximum Gasteiger partial charge on any atom is 0.315 e. The van der Waals surface area contributed by atoms with Gasteiger partial charge in [-0.2, -0.15) is 5.10 Å². The molecule has 1 unspecified atom stereocenters. The number of aromatic nitrogens is 2. The lowest BCUT2D eigenvalue weighted by Gasteiger charge is -2.16. The van der Waals surface area contributed by atoms with Gasteiger partial charge in [-0.15, -0.1) is 0 Å². The van der Waals surface area contributed by atoms with Crippen LogP contribution in [-0.2, 0) is 6.54 Å². The monoisotopic (exact) mass is 354 g/mol. The van der Waals surface area contributed by atoms with Crippen LogP contribution in [0.2, 0.25) is 10.0 Å². The SMILES string of the molecule is Cc1cnn(CCCNC(=O)NC(C)c2ccc(Cl)cc2Cl)c1. The summed E-state index contributed by atoms with van der Waals surface area (Å²) in [6.45, 7) is 5.22. The molecule has 0 fully saturated rings. The van der Waals surface area contributed by atoms with E-state index in [1.54, 1.807) is 12.1 Å². The summed E-state index contributed by atoms with van der Waals surface area (Å²) >= 11 is 12.0. The zero-order chi connectivity index (χ0) is 16.8. The number of nitrogens with one attached hydrogen (secondary N) is 2. The number of carbonyl (C=O) groups is 1. The Morgan fingerprint density at radius 3 is 2.83 bits per heavy atom. The Labute approximate surface area is 146 Å². The summed E-state index contributed by atoms with van der Waals surface area (Å²) in [6.07, 6.45) is 4.60. The molecule has 2 rings (SSSR count). The molecule has 0 saturated heterocycles. The fraction of sp³-hybridized carbons (Fsp3) is 0.375. The molecule has 23 heavy (non-hydrogen) atoms. The number of rotatable bonds is 6. The molecule has 0 aliphatic rings. The average molecular weight is 355 g/mol. The third kappa shape index (κ3) is 5.44. The minimum atomic E-state index is -0.222. The van der Waals surface area contributed by atoms with Gasteiger partial charge < -0.3 is 10.6 Å². The van der Waals surface area contributed by atoms with Crippen LogP contribution in [0, 0.1) is 6.92 Å². The smallest absolute Gasteiger partial charge is 0.315 e. The van der Waals surface area contributed by atoms with Crippen molar-refractivity contribution in [2.24, 2.45) is 0 Å². The number of amides is 2. The van der Waals surface area contributed by atoms with E-state index in [0.29, 0.717) is 16.6 Å². The number of benzene rings is 1. The predicted octanol–water partition coefficient (Wildman–Crippen LogP) is 3.95. The first-order chi connectivity index (χ1) is 11.0. The Morgan fingerprint density at radius 2 is 2.17 bits per heavy atom. The third-order valence-electron chi connectivity index (χ3n) is 3.39. The van der Waals surface area contributed by atoms with Crippen molar-refractivity contribution in [2.75, 3.05) is 6.54 Å². The van der Waals surface area contributed by atoms with Crippen LogP contribution in [0.1, 0.15) is 30.5 Å². The van der Waals surface area contributed by atoms with Crippen LogP contribution < -0.4 is 10.6 Å². The second-order valence-corrected chi connectivity index (χ2v) is 6.27. The van der Waals surface area contributed by atoms with Crippen LogP contribution in [-0.4, -0.2) is 22.4 Å². The van der Waals surface area contributed by atoms with E-state index >= 15 is 0 Å². The van der Waals surface area contributed by atoms with Crippen molar-refractivity contribution in [1.29, 1.82) is 0 Å². The zero-order valence-corrected chi connectivity index (χ0v) is 14.7. The molecule has 1 aromatic heterocycles. The summed E-state index contributed by atoms with van der Waals surface area (Å²) in [6, 6.07) is 4.81. The fourth-order valence-corrected chi connectivity index (χ4v) is 2.78. The summed E-state index contributed by atoms with van der Waals surface area (Å²) in [5.74, 6) is 0. The van der Waals surface area contributed by atoms with Gasteiger partial charge in [0.15, 0.2) is 0 Å². The van der Waals surface area contributed by atoms with Crippen molar-refractivity contribution in [3.63, 3.8) is 0 Å². The van der Waals surface area contributed by atoms with E-state index in [4.69, 9.17) is 23.2 Å². The zero-order valence-electron chi connectivity index (χ0n) is 13.1. The summed E-state index contributed by atoms with van der Waals surface area (Å²) < 4.78 is 1.87. The van der Waals surface area contributed by atoms with E-state index in [-0.39, 0.29) is 12.1 Å². The maximum absolute atomic E-state index is 11.9. The molecule has 0 saturated carbocycles. The molecule has 2 amide bonds. The van der Waals surface area contributed by atoms with Gasteiger partial charge in [-0.1, -0.05) is 29.3 Å². The molecule has 124 valence electrons. The highest BCUT2D eigenvalue weighted by Crippen LogP contribution is 2.25. The second-order valence-electron chi connectivity index (χ2n) is 5.42. The highest BCUT2D eigenvalue weighted by Gasteiger charge is 2.12. The fourth-order valence-electron chi connectivity index (χ4n) is 2.21. The van der Waals surface area contributed by atoms with Crippen molar-refractivity contribution in [3.05, 3.63) is 51.8 Å². The molecule has 0 aliphatic carbocycles. The first-order valence-electron chi connectivity index (χ1n) is 7.44. The minimum absolute atomic E-state index is 0.200. The highest BCUT2D eigenvalue weighted by molar-refractivity contribution is 6.35. The van der Waals surface area contributed by atoms with Gasteiger partial charge in [0.1, 0.15) is 0 Å². The van der Waals surface area contributed by atoms with Gasteiger partial charge in [0.05, 0.1) is 12.2 Å². The normalized spacial score (nSPS) is 12.0. The number of nitrogens with zero attached hydrogens (tertiary/aromatic N) is 2. The van der Waals surface area contributed by atoms with Gasteiger partial charge in [-0.25, -0.2) is 4.79 Å². The van der Waals surface area contributed by atoms with Crippen LogP contribution >= 0.6 is 23.2 Å².